The maximum atomic E-state index is 13.4. The first-order valence-electron chi connectivity index (χ1n) is 7.95. The molecule has 8 heteroatoms. The molecular formula is C18H14FN5OS. The van der Waals surface area contributed by atoms with Gasteiger partial charge in [0.2, 0.25) is 5.91 Å². The summed E-state index contributed by atoms with van der Waals surface area (Å²) in [6.07, 6.45) is 3.64. The highest BCUT2D eigenvalue weighted by Gasteiger charge is 2.09. The first kappa shape index (κ1) is 16.5. The van der Waals surface area contributed by atoms with Crippen LogP contribution in [0.1, 0.15) is 6.42 Å². The molecule has 4 rings (SSSR count). The van der Waals surface area contributed by atoms with Gasteiger partial charge in [-0.15, -0.1) is 0 Å². The van der Waals surface area contributed by atoms with E-state index in [1.165, 1.54) is 16.9 Å². The lowest BCUT2D eigenvalue weighted by Crippen LogP contribution is -2.23. The summed E-state index contributed by atoms with van der Waals surface area (Å²) in [5, 5.41) is 5.16. The van der Waals surface area contributed by atoms with E-state index in [4.69, 9.17) is 0 Å². The Kier molecular flexibility index (Phi) is 4.26. The van der Waals surface area contributed by atoms with Crippen molar-refractivity contribution in [2.45, 2.75) is 6.42 Å². The highest BCUT2D eigenvalue weighted by molar-refractivity contribution is 7.80. The van der Waals surface area contributed by atoms with Crippen LogP contribution in [0.3, 0.4) is 0 Å². The number of carbonyl (C=O) groups excluding carboxylic acids is 1. The van der Waals surface area contributed by atoms with Gasteiger partial charge in [0, 0.05) is 17.4 Å². The number of aromatic nitrogens is 4. The van der Waals surface area contributed by atoms with Gasteiger partial charge in [-0.2, -0.15) is 22.5 Å². The lowest BCUT2D eigenvalue weighted by Gasteiger charge is -2.03. The Morgan fingerprint density at radius 3 is 2.88 bits per heavy atom. The predicted molar refractivity (Wildman–Crippen MR) is 101 cm³/mol. The topological polar surface area (TPSA) is 72.7 Å². The zero-order chi connectivity index (χ0) is 18.1. The average molecular weight is 367 g/mol. The smallest absolute Gasteiger partial charge is 0.240 e. The van der Waals surface area contributed by atoms with Crippen molar-refractivity contribution in [3.05, 3.63) is 54.6 Å². The summed E-state index contributed by atoms with van der Waals surface area (Å²) in [5.74, 6) is -0.0229. The van der Waals surface area contributed by atoms with Gasteiger partial charge >= 0.3 is 0 Å². The molecule has 26 heavy (non-hydrogen) atoms. The molecule has 0 aliphatic rings. The van der Waals surface area contributed by atoms with Gasteiger partial charge in [-0.3, -0.25) is 9.78 Å². The van der Waals surface area contributed by atoms with Crippen LogP contribution >= 0.6 is 12.6 Å². The summed E-state index contributed by atoms with van der Waals surface area (Å²) in [6.45, 7) is 0. The fourth-order valence-corrected chi connectivity index (χ4v) is 2.86. The molecular weight excluding hydrogens is 353 g/mol. The molecule has 0 fully saturated rings. The van der Waals surface area contributed by atoms with Crippen LogP contribution in [0.4, 0.5) is 4.39 Å². The Bertz CT molecular complexity index is 1130. The minimum atomic E-state index is -0.324. The number of benzene rings is 2. The summed E-state index contributed by atoms with van der Waals surface area (Å²) in [5.41, 5.74) is 5.92. The monoisotopic (exact) mass is 367 g/mol. The summed E-state index contributed by atoms with van der Waals surface area (Å²) in [7, 11) is 0. The SMILES string of the molecule is O=C(CCS)Nn1cc2cc3ncc(-c4cccc(F)c4)nc3cc2n1. The molecule has 4 aromatic rings. The molecule has 0 radical (unpaired) electrons. The Hall–Kier alpha value is -3.00. The van der Waals surface area contributed by atoms with Gasteiger partial charge in [0.1, 0.15) is 5.82 Å². The maximum absolute atomic E-state index is 13.4. The molecule has 2 aromatic carbocycles. The Morgan fingerprint density at radius 2 is 2.08 bits per heavy atom. The zero-order valence-electron chi connectivity index (χ0n) is 13.6. The number of hydrogen-bond acceptors (Lipinski definition) is 5. The molecule has 0 bridgehead atoms. The van der Waals surface area contributed by atoms with Crippen molar-refractivity contribution in [1.29, 1.82) is 0 Å². The van der Waals surface area contributed by atoms with Crippen LogP contribution in [-0.2, 0) is 4.79 Å². The molecule has 0 unspecified atom stereocenters. The average Bonchev–Trinajstić information content (AvgIpc) is 3.00. The van der Waals surface area contributed by atoms with Crippen molar-refractivity contribution in [1.82, 2.24) is 19.9 Å². The maximum Gasteiger partial charge on any atom is 0.240 e. The third-order valence-corrected chi connectivity index (χ3v) is 4.09. The van der Waals surface area contributed by atoms with Crippen LogP contribution in [0.25, 0.3) is 33.2 Å². The van der Waals surface area contributed by atoms with Crippen LogP contribution in [0, 0.1) is 5.82 Å². The number of nitrogens with one attached hydrogen (secondary N) is 1. The van der Waals surface area contributed by atoms with Crippen molar-refractivity contribution < 1.29 is 9.18 Å². The number of thiol groups is 1. The Morgan fingerprint density at radius 1 is 1.19 bits per heavy atom. The second kappa shape index (κ2) is 6.72. The molecule has 6 nitrogen and oxygen atoms in total. The molecule has 0 atom stereocenters. The van der Waals surface area contributed by atoms with E-state index in [1.807, 2.05) is 6.07 Å². The van der Waals surface area contributed by atoms with Crippen LogP contribution < -0.4 is 5.43 Å². The van der Waals surface area contributed by atoms with E-state index in [2.05, 4.69) is 33.1 Å². The largest absolute Gasteiger partial charge is 0.273 e. The highest BCUT2D eigenvalue weighted by atomic mass is 32.1. The highest BCUT2D eigenvalue weighted by Crippen LogP contribution is 2.23. The van der Waals surface area contributed by atoms with Crippen LogP contribution in [0.5, 0.6) is 0 Å². The van der Waals surface area contributed by atoms with Gasteiger partial charge in [-0.05, 0) is 30.0 Å². The predicted octanol–water partition coefficient (Wildman–Crippen LogP) is 3.18. The number of amides is 1. The van der Waals surface area contributed by atoms with Crippen molar-refractivity contribution in [2.24, 2.45) is 0 Å². The van der Waals surface area contributed by atoms with E-state index < -0.39 is 0 Å². The molecule has 0 saturated heterocycles. The van der Waals surface area contributed by atoms with E-state index >= 15 is 0 Å². The Balaban J connectivity index is 1.74. The Labute approximate surface area is 153 Å². The minimum Gasteiger partial charge on any atom is -0.273 e. The number of hydrogen-bond donors (Lipinski definition) is 2. The minimum absolute atomic E-state index is 0.165. The molecule has 0 aliphatic carbocycles. The summed E-state index contributed by atoms with van der Waals surface area (Å²) >= 11 is 4.04. The van der Waals surface area contributed by atoms with Crippen molar-refractivity contribution in [3.63, 3.8) is 0 Å². The molecule has 0 spiro atoms. The van der Waals surface area contributed by atoms with Crippen LogP contribution in [0.2, 0.25) is 0 Å². The molecule has 0 saturated carbocycles. The second-order valence-electron chi connectivity index (χ2n) is 5.75. The number of rotatable bonds is 4. The summed E-state index contributed by atoms with van der Waals surface area (Å²) < 4.78 is 13.4. The van der Waals surface area contributed by atoms with Gasteiger partial charge in [-0.1, -0.05) is 12.1 Å². The van der Waals surface area contributed by atoms with Gasteiger partial charge in [-0.25, -0.2) is 14.8 Å². The van der Waals surface area contributed by atoms with E-state index in [1.54, 1.807) is 30.6 Å². The fourth-order valence-electron chi connectivity index (χ4n) is 2.66. The van der Waals surface area contributed by atoms with Crippen molar-refractivity contribution in [3.8, 4) is 11.3 Å². The molecule has 2 heterocycles. The third kappa shape index (κ3) is 3.23. The molecule has 2 aromatic heterocycles. The summed E-state index contributed by atoms with van der Waals surface area (Å²) in [6, 6.07) is 9.86. The molecule has 1 amide bonds. The first-order valence-corrected chi connectivity index (χ1v) is 8.58. The molecule has 130 valence electrons. The molecule has 1 N–H and O–H groups in total. The van der Waals surface area contributed by atoms with E-state index in [9.17, 15) is 9.18 Å². The summed E-state index contributed by atoms with van der Waals surface area (Å²) in [4.78, 5) is 22.0. The van der Waals surface area contributed by atoms with E-state index in [0.717, 1.165) is 5.39 Å². The number of carbonyl (C=O) groups is 1. The first-order chi connectivity index (χ1) is 12.6. The third-order valence-electron chi connectivity index (χ3n) is 3.87. The number of fused-ring (bicyclic) bond motifs is 2. The standard InChI is InChI=1S/C18H14FN5OS/c19-13-3-1-2-11(6-13)17-9-20-15-7-12-10-24(23-18(25)4-5-26)22-14(12)8-16(15)21-17/h1-3,6-10,26H,4-5H2,(H,23,25). The van der Waals surface area contributed by atoms with Gasteiger partial charge in [0.15, 0.2) is 0 Å². The number of halogens is 1. The van der Waals surface area contributed by atoms with E-state index in [0.29, 0.717) is 40.0 Å². The van der Waals surface area contributed by atoms with Crippen LogP contribution in [0.15, 0.2) is 48.8 Å². The lowest BCUT2D eigenvalue weighted by molar-refractivity contribution is -0.116. The zero-order valence-corrected chi connectivity index (χ0v) is 14.4. The van der Waals surface area contributed by atoms with E-state index in [-0.39, 0.29) is 11.7 Å². The van der Waals surface area contributed by atoms with Gasteiger partial charge in [0.25, 0.3) is 0 Å². The van der Waals surface area contributed by atoms with Gasteiger partial charge in [0.05, 0.1) is 34.6 Å². The molecule has 0 aliphatic heterocycles. The normalized spacial score (nSPS) is 11.2. The van der Waals surface area contributed by atoms with Crippen molar-refractivity contribution >= 4 is 40.5 Å². The quantitative estimate of drug-likeness (QED) is 0.544. The fraction of sp³-hybridized carbons (Fsp3) is 0.111. The van der Waals surface area contributed by atoms with Gasteiger partial charge < -0.3 is 0 Å². The number of nitrogens with zero attached hydrogens (tertiary/aromatic N) is 4. The lowest BCUT2D eigenvalue weighted by atomic mass is 10.1. The van der Waals surface area contributed by atoms with Crippen molar-refractivity contribution in [2.75, 3.05) is 11.2 Å². The second-order valence-corrected chi connectivity index (χ2v) is 6.19. The van der Waals surface area contributed by atoms with Crippen LogP contribution in [-0.4, -0.2) is 31.5 Å².